The Hall–Kier alpha value is 0.986. The number of hydrogen-bond donors (Lipinski definition) is 2. The van der Waals surface area contributed by atoms with Crippen molar-refractivity contribution in [2.75, 3.05) is 6.61 Å². The molecule has 4 unspecified atom stereocenters. The van der Waals surface area contributed by atoms with E-state index in [1.807, 2.05) is 0 Å². The first-order chi connectivity index (χ1) is 8.71. The molecule has 0 heterocycles. The van der Waals surface area contributed by atoms with Gasteiger partial charge in [0.25, 0.3) is 0 Å². The van der Waals surface area contributed by atoms with Crippen LogP contribution >= 0.6 is 0 Å². The quantitative estimate of drug-likeness (QED) is 0.421. The largest absolute Gasteiger partial charge is 1.00 e. The smallest absolute Gasteiger partial charge is 0.850 e. The number of ether oxygens (including phenoxy) is 1. The Morgan fingerprint density at radius 1 is 1.40 bits per heavy atom. The van der Waals surface area contributed by atoms with Gasteiger partial charge in [-0.2, -0.15) is 0 Å². The third-order valence-electron chi connectivity index (χ3n) is 4.43. The van der Waals surface area contributed by atoms with Crippen LogP contribution in [0.3, 0.4) is 0 Å². The summed E-state index contributed by atoms with van der Waals surface area (Å²) in [6.45, 7) is 5.21. The summed E-state index contributed by atoms with van der Waals surface area (Å²) in [5, 5.41) is 31.5. The molecule has 2 N–H and O–H groups in total. The molecule has 2 rings (SSSR count). The molecule has 2 fully saturated rings. The molecule has 2 bridgehead atoms. The second-order valence-corrected chi connectivity index (χ2v) is 6.93. The summed E-state index contributed by atoms with van der Waals surface area (Å²) in [5.41, 5.74) is -0.589. The molecule has 6 heteroatoms. The molecular formula is C14H23KO5. The van der Waals surface area contributed by atoms with E-state index in [0.717, 1.165) is 0 Å². The first kappa shape index (κ1) is 19.0. The van der Waals surface area contributed by atoms with Crippen LogP contribution in [0.5, 0.6) is 0 Å². The fourth-order valence-electron chi connectivity index (χ4n) is 3.27. The predicted octanol–water partition coefficient (Wildman–Crippen LogP) is -3.31. The average molecular weight is 310 g/mol. The maximum absolute atomic E-state index is 11.6. The SMILES string of the molecule is CC(C)(C)C(=O)OCC(O)C1C[C@@H]2C[C@H]1C(O)C2[O-].[K+]. The van der Waals surface area contributed by atoms with Crippen molar-refractivity contribution in [3.05, 3.63) is 0 Å². The molecule has 0 amide bonds. The van der Waals surface area contributed by atoms with E-state index in [2.05, 4.69) is 0 Å². The molecule has 0 saturated heterocycles. The van der Waals surface area contributed by atoms with Gasteiger partial charge in [-0.1, -0.05) is 12.0 Å². The molecule has 0 spiro atoms. The Kier molecular flexibility index (Phi) is 6.70. The zero-order valence-electron chi connectivity index (χ0n) is 12.7. The third-order valence-corrected chi connectivity index (χ3v) is 4.43. The van der Waals surface area contributed by atoms with E-state index in [4.69, 9.17) is 4.74 Å². The van der Waals surface area contributed by atoms with Gasteiger partial charge in [-0.3, -0.25) is 4.79 Å². The number of aliphatic hydroxyl groups excluding tert-OH is 2. The summed E-state index contributed by atoms with van der Waals surface area (Å²) in [5.74, 6) is -0.663. The number of carbonyl (C=O) groups is 1. The zero-order valence-corrected chi connectivity index (χ0v) is 15.8. The second kappa shape index (κ2) is 7.04. The van der Waals surface area contributed by atoms with Gasteiger partial charge in [-0.05, 0) is 45.4 Å². The maximum Gasteiger partial charge on any atom is 1.00 e. The van der Waals surface area contributed by atoms with Gasteiger partial charge in [0, 0.05) is 6.10 Å². The Balaban J connectivity index is 0.00000200. The maximum atomic E-state index is 11.6. The Morgan fingerprint density at radius 3 is 2.45 bits per heavy atom. The normalized spacial score (nSPS) is 37.4. The first-order valence-electron chi connectivity index (χ1n) is 6.91. The van der Waals surface area contributed by atoms with Crippen LogP contribution in [-0.2, 0) is 9.53 Å². The topological polar surface area (TPSA) is 89.8 Å². The Labute approximate surface area is 162 Å². The van der Waals surface area contributed by atoms with Gasteiger partial charge in [0.2, 0.25) is 0 Å². The van der Waals surface area contributed by atoms with E-state index in [1.54, 1.807) is 20.8 Å². The van der Waals surface area contributed by atoms with E-state index in [1.165, 1.54) is 0 Å². The standard InChI is InChI=1S/C14H23O5.K/c1-14(2,3)13(18)19-6-10(15)8-4-7-5-9(8)12(17)11(7)16;/h7-12,15,17H,4-6H2,1-3H3;/q-1;+1/t7-,8?,9-,10?,11?,12?;/m1./s1. The first-order valence-corrected chi connectivity index (χ1v) is 6.91. The van der Waals surface area contributed by atoms with Crippen LogP contribution in [0.1, 0.15) is 33.6 Å². The molecule has 0 aromatic carbocycles. The van der Waals surface area contributed by atoms with E-state index >= 15 is 0 Å². The third kappa shape index (κ3) is 3.84. The minimum atomic E-state index is -0.912. The van der Waals surface area contributed by atoms with E-state index in [0.29, 0.717) is 12.8 Å². The summed E-state index contributed by atoms with van der Waals surface area (Å²) >= 11 is 0. The van der Waals surface area contributed by atoms with Crippen molar-refractivity contribution in [3.63, 3.8) is 0 Å². The molecule has 2 aliphatic rings. The van der Waals surface area contributed by atoms with Gasteiger partial charge in [0.15, 0.2) is 0 Å². The number of aliphatic hydroxyl groups is 2. The van der Waals surface area contributed by atoms with Gasteiger partial charge in [-0.25, -0.2) is 0 Å². The summed E-state index contributed by atoms with van der Waals surface area (Å²) in [6, 6.07) is 0. The van der Waals surface area contributed by atoms with Gasteiger partial charge in [0.05, 0.1) is 11.5 Å². The molecule has 0 radical (unpaired) electrons. The number of carbonyl (C=O) groups excluding carboxylic acids is 1. The molecule has 0 aromatic heterocycles. The van der Waals surface area contributed by atoms with Crippen LogP contribution in [0.25, 0.3) is 0 Å². The number of fused-ring (bicyclic) bond motifs is 2. The molecule has 2 aliphatic carbocycles. The van der Waals surface area contributed by atoms with Crippen LogP contribution < -0.4 is 56.5 Å². The summed E-state index contributed by atoms with van der Waals surface area (Å²) in [6.07, 6.45) is -1.25. The van der Waals surface area contributed by atoms with Crippen molar-refractivity contribution in [2.45, 2.75) is 51.9 Å². The average Bonchev–Trinajstić information content (AvgIpc) is 2.86. The van der Waals surface area contributed by atoms with Crippen molar-refractivity contribution in [3.8, 4) is 0 Å². The molecule has 2 saturated carbocycles. The number of esters is 1. The van der Waals surface area contributed by atoms with Crippen molar-refractivity contribution >= 4 is 5.97 Å². The fourth-order valence-corrected chi connectivity index (χ4v) is 3.27. The van der Waals surface area contributed by atoms with Gasteiger partial charge in [0.1, 0.15) is 6.61 Å². The van der Waals surface area contributed by atoms with Gasteiger partial charge < -0.3 is 20.1 Å². The minimum absolute atomic E-state index is 0. The summed E-state index contributed by atoms with van der Waals surface area (Å²) in [4.78, 5) is 11.6. The second-order valence-electron chi connectivity index (χ2n) is 6.93. The van der Waals surface area contributed by atoms with Crippen molar-refractivity contribution in [2.24, 2.45) is 23.2 Å². The van der Waals surface area contributed by atoms with Gasteiger partial charge in [-0.15, -0.1) is 0 Å². The van der Waals surface area contributed by atoms with Crippen LogP contribution in [-0.4, -0.2) is 41.1 Å². The van der Waals surface area contributed by atoms with Gasteiger partial charge >= 0.3 is 57.4 Å². The van der Waals surface area contributed by atoms with Crippen molar-refractivity contribution in [1.29, 1.82) is 0 Å². The number of hydrogen-bond acceptors (Lipinski definition) is 5. The Bertz CT molecular complexity index is 352. The molecular weight excluding hydrogens is 287 g/mol. The molecule has 0 aromatic rings. The van der Waals surface area contributed by atoms with E-state index in [9.17, 15) is 20.1 Å². The van der Waals surface area contributed by atoms with Crippen molar-refractivity contribution < 1.29 is 76.2 Å². The van der Waals surface area contributed by atoms with E-state index < -0.39 is 23.7 Å². The van der Waals surface area contributed by atoms with Crippen LogP contribution in [0.4, 0.5) is 0 Å². The minimum Gasteiger partial charge on any atom is -0.850 e. The molecule has 6 atom stereocenters. The van der Waals surface area contributed by atoms with Crippen LogP contribution in [0, 0.1) is 23.2 Å². The Morgan fingerprint density at radius 2 is 2.00 bits per heavy atom. The molecule has 20 heavy (non-hydrogen) atoms. The van der Waals surface area contributed by atoms with Crippen LogP contribution in [0.2, 0.25) is 0 Å². The van der Waals surface area contributed by atoms with E-state index in [-0.39, 0.29) is 81.7 Å². The molecule has 0 aliphatic heterocycles. The molecule has 5 nitrogen and oxygen atoms in total. The predicted molar refractivity (Wildman–Crippen MR) is 65.9 cm³/mol. The monoisotopic (exact) mass is 310 g/mol. The summed E-state index contributed by atoms with van der Waals surface area (Å²) in [7, 11) is 0. The fraction of sp³-hybridized carbons (Fsp3) is 0.929. The molecule has 110 valence electrons. The summed E-state index contributed by atoms with van der Waals surface area (Å²) < 4.78 is 5.10. The van der Waals surface area contributed by atoms with Crippen LogP contribution in [0.15, 0.2) is 0 Å². The van der Waals surface area contributed by atoms with Crippen molar-refractivity contribution in [1.82, 2.24) is 0 Å². The zero-order chi connectivity index (χ0) is 14.4. The number of rotatable bonds is 3.